The van der Waals surface area contributed by atoms with Gasteiger partial charge in [-0.1, -0.05) is 6.92 Å². The molecule has 8 nitrogen and oxygen atoms in total. The van der Waals surface area contributed by atoms with E-state index in [2.05, 4.69) is 0 Å². The molecule has 3 N–H and O–H groups in total. The first-order valence-electron chi connectivity index (χ1n) is 6.25. The summed E-state index contributed by atoms with van der Waals surface area (Å²) in [5.41, 5.74) is 3.66. The van der Waals surface area contributed by atoms with Gasteiger partial charge in [0, 0.05) is 19.2 Å². The normalized spacial score (nSPS) is 12.6. The number of anilines is 1. The Morgan fingerprint density at radius 2 is 2.00 bits per heavy atom. The summed E-state index contributed by atoms with van der Waals surface area (Å²) >= 11 is 0. The van der Waals surface area contributed by atoms with Crippen LogP contribution in [0.1, 0.15) is 20.8 Å². The summed E-state index contributed by atoms with van der Waals surface area (Å²) in [5, 5.41) is 20.6. The van der Waals surface area contributed by atoms with E-state index in [-0.39, 0.29) is 23.7 Å². The fourth-order valence-electron chi connectivity index (χ4n) is 1.79. The molecule has 0 amide bonds. The first-order chi connectivity index (χ1) is 9.49. The largest absolute Gasteiger partial charge is 0.393 e. The molecule has 9 heteroatoms. The van der Waals surface area contributed by atoms with Crippen molar-refractivity contribution in [3.8, 4) is 0 Å². The number of hydrogen-bond donors (Lipinski definition) is 2. The molecular weight excluding hydrogens is 298 g/mol. The lowest BCUT2D eigenvalue weighted by Gasteiger charge is -2.27. The molecule has 0 aromatic heterocycles. The first kappa shape index (κ1) is 17.3. The topological polar surface area (TPSA) is 127 Å². The van der Waals surface area contributed by atoms with Crippen molar-refractivity contribution in [3.63, 3.8) is 0 Å². The van der Waals surface area contributed by atoms with Crippen LogP contribution in [0, 0.1) is 10.1 Å². The number of benzene rings is 1. The summed E-state index contributed by atoms with van der Waals surface area (Å²) < 4.78 is 26.0. The van der Waals surface area contributed by atoms with Gasteiger partial charge in [0.1, 0.15) is 5.69 Å². The molecule has 1 rings (SSSR count). The fraction of sp³-hybridized carbons (Fsp3) is 0.500. The zero-order chi connectivity index (χ0) is 16.4. The molecule has 0 atom stereocenters. The summed E-state index contributed by atoms with van der Waals surface area (Å²) in [4.78, 5) is 9.88. The SMILES string of the molecule is CCN(CC(C)(C)O)S(=O)(=O)c1ccc(N)c([N+](=O)[O-])c1. The van der Waals surface area contributed by atoms with E-state index in [1.54, 1.807) is 6.92 Å². The van der Waals surface area contributed by atoms with Crippen LogP contribution in [-0.2, 0) is 10.0 Å². The minimum absolute atomic E-state index is 0.107. The zero-order valence-electron chi connectivity index (χ0n) is 12.1. The lowest BCUT2D eigenvalue weighted by molar-refractivity contribution is -0.384. The molecule has 21 heavy (non-hydrogen) atoms. The van der Waals surface area contributed by atoms with E-state index in [1.807, 2.05) is 0 Å². The summed E-state index contributed by atoms with van der Waals surface area (Å²) in [7, 11) is -3.94. The van der Waals surface area contributed by atoms with Crippen molar-refractivity contribution in [2.45, 2.75) is 31.3 Å². The van der Waals surface area contributed by atoms with Gasteiger partial charge in [0.2, 0.25) is 10.0 Å². The number of nitro groups is 1. The van der Waals surface area contributed by atoms with Crippen LogP contribution in [-0.4, -0.2) is 41.4 Å². The van der Waals surface area contributed by atoms with E-state index in [4.69, 9.17) is 5.73 Å². The minimum Gasteiger partial charge on any atom is -0.393 e. The Balaban J connectivity index is 3.29. The predicted molar refractivity (Wildman–Crippen MR) is 78.2 cm³/mol. The van der Waals surface area contributed by atoms with Crippen LogP contribution in [0.4, 0.5) is 11.4 Å². The highest BCUT2D eigenvalue weighted by Gasteiger charge is 2.29. The van der Waals surface area contributed by atoms with Crippen LogP contribution in [0.5, 0.6) is 0 Å². The molecule has 1 aromatic rings. The highest BCUT2D eigenvalue weighted by molar-refractivity contribution is 7.89. The highest BCUT2D eigenvalue weighted by Crippen LogP contribution is 2.27. The third-order valence-corrected chi connectivity index (χ3v) is 4.67. The summed E-state index contributed by atoms with van der Waals surface area (Å²) in [6.45, 7) is 4.59. The highest BCUT2D eigenvalue weighted by atomic mass is 32.2. The maximum absolute atomic E-state index is 12.5. The molecule has 0 unspecified atom stereocenters. The predicted octanol–water partition coefficient (Wildman–Crippen LogP) is 0.959. The number of hydrogen-bond acceptors (Lipinski definition) is 6. The number of aliphatic hydroxyl groups is 1. The van der Waals surface area contributed by atoms with Gasteiger partial charge in [-0.25, -0.2) is 8.42 Å². The molecule has 0 aliphatic carbocycles. The van der Waals surface area contributed by atoms with Gasteiger partial charge in [-0.05, 0) is 26.0 Å². The van der Waals surface area contributed by atoms with E-state index < -0.39 is 26.2 Å². The minimum atomic E-state index is -3.94. The molecule has 0 spiro atoms. The lowest BCUT2D eigenvalue weighted by Crippen LogP contribution is -2.42. The molecular formula is C12H19N3O5S. The average Bonchev–Trinajstić information content (AvgIpc) is 2.34. The molecule has 0 bridgehead atoms. The lowest BCUT2D eigenvalue weighted by atomic mass is 10.1. The van der Waals surface area contributed by atoms with Gasteiger partial charge in [0.15, 0.2) is 0 Å². The van der Waals surface area contributed by atoms with Gasteiger partial charge in [-0.15, -0.1) is 0 Å². The summed E-state index contributed by atoms with van der Waals surface area (Å²) in [6, 6.07) is 3.32. The van der Waals surface area contributed by atoms with Crippen LogP contribution in [0.25, 0.3) is 0 Å². The summed E-state index contributed by atoms with van der Waals surface area (Å²) in [5.74, 6) is 0. The molecule has 0 heterocycles. The molecule has 0 fully saturated rings. The van der Waals surface area contributed by atoms with Crippen molar-refractivity contribution in [2.24, 2.45) is 0 Å². The smallest absolute Gasteiger partial charge is 0.293 e. The number of nitrogen functional groups attached to an aromatic ring is 1. The second-order valence-corrected chi connectivity index (χ2v) is 7.16. The first-order valence-corrected chi connectivity index (χ1v) is 7.69. The van der Waals surface area contributed by atoms with Crippen molar-refractivity contribution in [1.82, 2.24) is 4.31 Å². The van der Waals surface area contributed by atoms with Crippen molar-refractivity contribution < 1.29 is 18.4 Å². The maximum Gasteiger partial charge on any atom is 0.293 e. The Kier molecular flexibility index (Phi) is 4.92. The van der Waals surface area contributed by atoms with Crippen LogP contribution < -0.4 is 5.73 Å². The third kappa shape index (κ3) is 4.13. The van der Waals surface area contributed by atoms with Gasteiger partial charge in [0.05, 0.1) is 15.4 Å². The van der Waals surface area contributed by atoms with Gasteiger partial charge >= 0.3 is 0 Å². The Bertz CT molecular complexity index is 637. The van der Waals surface area contributed by atoms with E-state index in [0.717, 1.165) is 10.4 Å². The second-order valence-electron chi connectivity index (χ2n) is 5.22. The molecule has 0 saturated heterocycles. The van der Waals surface area contributed by atoms with Crippen molar-refractivity contribution >= 4 is 21.4 Å². The summed E-state index contributed by atoms with van der Waals surface area (Å²) in [6.07, 6.45) is 0. The molecule has 118 valence electrons. The third-order valence-electron chi connectivity index (χ3n) is 2.75. The number of rotatable bonds is 6. The average molecular weight is 317 g/mol. The Hall–Kier alpha value is -1.71. The van der Waals surface area contributed by atoms with Gasteiger partial charge in [-0.3, -0.25) is 10.1 Å². The maximum atomic E-state index is 12.5. The van der Waals surface area contributed by atoms with Crippen LogP contribution in [0.3, 0.4) is 0 Å². The van der Waals surface area contributed by atoms with Gasteiger partial charge in [-0.2, -0.15) is 4.31 Å². The van der Waals surface area contributed by atoms with Gasteiger partial charge < -0.3 is 10.8 Å². The molecule has 0 aliphatic heterocycles. The number of sulfonamides is 1. The van der Waals surface area contributed by atoms with Gasteiger partial charge in [0.25, 0.3) is 5.69 Å². The Labute approximate surface area is 123 Å². The number of nitrogens with two attached hydrogens (primary N) is 1. The molecule has 0 aliphatic rings. The zero-order valence-corrected chi connectivity index (χ0v) is 12.9. The Morgan fingerprint density at radius 3 is 2.43 bits per heavy atom. The van der Waals surface area contributed by atoms with E-state index in [9.17, 15) is 23.6 Å². The van der Waals surface area contributed by atoms with E-state index in [1.165, 1.54) is 26.0 Å². The van der Waals surface area contributed by atoms with Crippen LogP contribution in [0.2, 0.25) is 0 Å². The Morgan fingerprint density at radius 1 is 1.43 bits per heavy atom. The molecule has 1 aromatic carbocycles. The van der Waals surface area contributed by atoms with E-state index >= 15 is 0 Å². The quantitative estimate of drug-likeness (QED) is 0.457. The monoisotopic (exact) mass is 317 g/mol. The molecule has 0 saturated carbocycles. The number of nitrogens with zero attached hydrogens (tertiary/aromatic N) is 2. The number of nitro benzene ring substituents is 1. The second kappa shape index (κ2) is 5.96. The fourth-order valence-corrected chi connectivity index (χ4v) is 3.41. The standard InChI is InChI=1S/C12H19N3O5S/c1-4-14(8-12(2,3)16)21(19,20)9-5-6-10(13)11(7-9)15(17)18/h5-7,16H,4,8,13H2,1-3H3. The van der Waals surface area contributed by atoms with Crippen molar-refractivity contribution in [3.05, 3.63) is 28.3 Å². The van der Waals surface area contributed by atoms with Crippen LogP contribution >= 0.6 is 0 Å². The van der Waals surface area contributed by atoms with E-state index in [0.29, 0.717) is 0 Å². The van der Waals surface area contributed by atoms with Crippen LogP contribution in [0.15, 0.2) is 23.1 Å². The number of likely N-dealkylation sites (N-methyl/N-ethyl adjacent to an activating group) is 1. The van der Waals surface area contributed by atoms with Crippen molar-refractivity contribution in [1.29, 1.82) is 0 Å². The molecule has 0 radical (unpaired) electrons. The van der Waals surface area contributed by atoms with Crippen molar-refractivity contribution in [2.75, 3.05) is 18.8 Å².